The molecule has 0 unspecified atom stereocenters. The van der Waals surface area contributed by atoms with Gasteiger partial charge in [0, 0.05) is 10.3 Å². The van der Waals surface area contributed by atoms with Crippen LogP contribution in [0.15, 0.2) is 38.6 Å². The van der Waals surface area contributed by atoms with Gasteiger partial charge in [-0.3, -0.25) is 0 Å². The second-order valence-electron chi connectivity index (χ2n) is 5.48. The van der Waals surface area contributed by atoms with E-state index in [1.54, 1.807) is 47.8 Å². The monoisotopic (exact) mass is 356 g/mol. The molecule has 4 heterocycles. The second-order valence-corrected chi connectivity index (χ2v) is 7.53. The minimum Gasteiger partial charge on any atom is -0.459 e. The minimum atomic E-state index is 0.403. The first-order valence-electron chi connectivity index (χ1n) is 7.63. The van der Waals surface area contributed by atoms with Gasteiger partial charge in [0.25, 0.3) is 5.89 Å². The standard InChI is InChI=1S/C16H12N4O2S2/c1-3-9-11(5-1)24-16-13(9)15(17-8-18-16)23-7-12-19-20-14(22-12)10-4-2-6-21-10/h2,4,6,8H,1,3,5,7H2. The highest BCUT2D eigenvalue weighted by Crippen LogP contribution is 2.40. The maximum absolute atomic E-state index is 5.66. The van der Waals surface area contributed by atoms with E-state index in [0.717, 1.165) is 22.7 Å². The van der Waals surface area contributed by atoms with Crippen LogP contribution in [0, 0.1) is 0 Å². The Hall–Kier alpha value is -2.19. The van der Waals surface area contributed by atoms with Crippen LogP contribution < -0.4 is 0 Å². The van der Waals surface area contributed by atoms with Gasteiger partial charge < -0.3 is 8.83 Å². The number of furan rings is 1. The van der Waals surface area contributed by atoms with Crippen molar-refractivity contribution in [1.82, 2.24) is 20.2 Å². The van der Waals surface area contributed by atoms with Crippen molar-refractivity contribution in [3.05, 3.63) is 41.1 Å². The molecule has 4 aromatic rings. The van der Waals surface area contributed by atoms with Crippen molar-refractivity contribution >= 4 is 33.3 Å². The molecule has 6 nitrogen and oxygen atoms in total. The highest BCUT2D eigenvalue weighted by Gasteiger charge is 2.21. The van der Waals surface area contributed by atoms with Crippen molar-refractivity contribution in [2.45, 2.75) is 30.0 Å². The van der Waals surface area contributed by atoms with Crippen LogP contribution in [0.5, 0.6) is 0 Å². The molecule has 0 aromatic carbocycles. The Morgan fingerprint density at radius 1 is 1.21 bits per heavy atom. The van der Waals surface area contributed by atoms with Gasteiger partial charge in [0.2, 0.25) is 5.89 Å². The predicted molar refractivity (Wildman–Crippen MR) is 91.0 cm³/mol. The fraction of sp³-hybridized carbons (Fsp3) is 0.250. The molecule has 8 heteroatoms. The van der Waals surface area contributed by atoms with Gasteiger partial charge in [-0.25, -0.2) is 9.97 Å². The molecule has 1 aliphatic rings. The Balaban J connectivity index is 1.42. The predicted octanol–water partition coefficient (Wildman–Crippen LogP) is 4.12. The molecule has 0 bridgehead atoms. The summed E-state index contributed by atoms with van der Waals surface area (Å²) < 4.78 is 10.9. The van der Waals surface area contributed by atoms with Gasteiger partial charge in [-0.2, -0.15) is 0 Å². The van der Waals surface area contributed by atoms with Gasteiger partial charge in [-0.05, 0) is 37.0 Å². The first kappa shape index (κ1) is 14.2. The zero-order valence-electron chi connectivity index (χ0n) is 12.6. The lowest BCUT2D eigenvalue weighted by Crippen LogP contribution is -1.88. The minimum absolute atomic E-state index is 0.403. The zero-order chi connectivity index (χ0) is 15.9. The number of rotatable bonds is 4. The summed E-state index contributed by atoms with van der Waals surface area (Å²) in [6.07, 6.45) is 6.74. The Labute approximate surface area is 145 Å². The Morgan fingerprint density at radius 2 is 2.21 bits per heavy atom. The van der Waals surface area contributed by atoms with Gasteiger partial charge >= 0.3 is 0 Å². The number of fused-ring (bicyclic) bond motifs is 3. The molecule has 0 fully saturated rings. The number of nitrogens with zero attached hydrogens (tertiary/aromatic N) is 4. The Kier molecular flexibility index (Phi) is 3.37. The van der Waals surface area contributed by atoms with Crippen molar-refractivity contribution < 1.29 is 8.83 Å². The fourth-order valence-electron chi connectivity index (χ4n) is 2.95. The van der Waals surface area contributed by atoms with Crippen LogP contribution in [0.3, 0.4) is 0 Å². The molecule has 0 aliphatic heterocycles. The number of thiophene rings is 1. The SMILES string of the molecule is c1coc(-c2nnc(CSc3ncnc4sc5c(c34)CCC5)o2)c1. The van der Waals surface area contributed by atoms with E-state index in [1.807, 2.05) is 0 Å². The summed E-state index contributed by atoms with van der Waals surface area (Å²) in [5.74, 6) is 2.12. The number of aryl methyl sites for hydroxylation is 2. The van der Waals surface area contributed by atoms with Crippen molar-refractivity contribution in [3.8, 4) is 11.7 Å². The maximum atomic E-state index is 5.66. The van der Waals surface area contributed by atoms with E-state index in [0.29, 0.717) is 23.3 Å². The van der Waals surface area contributed by atoms with Crippen LogP contribution in [0.4, 0.5) is 0 Å². The van der Waals surface area contributed by atoms with E-state index < -0.39 is 0 Å². The van der Waals surface area contributed by atoms with Crippen LogP contribution in [0.1, 0.15) is 22.8 Å². The van der Waals surface area contributed by atoms with E-state index in [2.05, 4.69) is 20.2 Å². The fourth-order valence-corrected chi connectivity index (χ4v) is 5.11. The van der Waals surface area contributed by atoms with Gasteiger partial charge in [-0.1, -0.05) is 11.8 Å². The van der Waals surface area contributed by atoms with Crippen LogP contribution in [0.25, 0.3) is 21.9 Å². The highest BCUT2D eigenvalue weighted by atomic mass is 32.2. The van der Waals surface area contributed by atoms with E-state index in [9.17, 15) is 0 Å². The molecule has 4 aromatic heterocycles. The molecule has 1 aliphatic carbocycles. The van der Waals surface area contributed by atoms with Crippen LogP contribution in [0.2, 0.25) is 0 Å². The Morgan fingerprint density at radius 3 is 3.12 bits per heavy atom. The number of hydrogen-bond donors (Lipinski definition) is 0. The lowest BCUT2D eigenvalue weighted by molar-refractivity contribution is 0.494. The summed E-state index contributed by atoms with van der Waals surface area (Å²) in [5, 5.41) is 10.3. The third-order valence-corrected chi connectivity index (χ3v) is 6.17. The quantitative estimate of drug-likeness (QED) is 0.402. The van der Waals surface area contributed by atoms with Gasteiger partial charge in [0.05, 0.1) is 12.0 Å². The first-order chi connectivity index (χ1) is 11.9. The summed E-state index contributed by atoms with van der Waals surface area (Å²) in [6.45, 7) is 0. The summed E-state index contributed by atoms with van der Waals surface area (Å²) >= 11 is 3.41. The summed E-state index contributed by atoms with van der Waals surface area (Å²) in [7, 11) is 0. The van der Waals surface area contributed by atoms with Crippen LogP contribution in [-0.2, 0) is 18.6 Å². The number of thioether (sulfide) groups is 1. The van der Waals surface area contributed by atoms with E-state index in [4.69, 9.17) is 8.83 Å². The molecule has 0 saturated carbocycles. The molecular formula is C16H12N4O2S2. The molecule has 0 atom stereocenters. The third-order valence-electron chi connectivity index (χ3n) is 4.00. The molecule has 0 radical (unpaired) electrons. The molecule has 120 valence electrons. The van der Waals surface area contributed by atoms with Crippen molar-refractivity contribution in [1.29, 1.82) is 0 Å². The lowest BCUT2D eigenvalue weighted by Gasteiger charge is -2.01. The molecule has 0 N–H and O–H groups in total. The first-order valence-corrected chi connectivity index (χ1v) is 9.43. The summed E-state index contributed by atoms with van der Waals surface area (Å²) in [6, 6.07) is 3.59. The molecule has 5 rings (SSSR count). The van der Waals surface area contributed by atoms with Crippen LogP contribution >= 0.6 is 23.1 Å². The highest BCUT2D eigenvalue weighted by molar-refractivity contribution is 7.98. The topological polar surface area (TPSA) is 77.8 Å². The van der Waals surface area contributed by atoms with E-state index in [1.165, 1.54) is 22.2 Å². The normalized spacial score (nSPS) is 13.7. The van der Waals surface area contributed by atoms with Gasteiger partial charge in [-0.15, -0.1) is 21.5 Å². The zero-order valence-corrected chi connectivity index (χ0v) is 14.2. The average molecular weight is 356 g/mol. The number of hydrogen-bond acceptors (Lipinski definition) is 8. The number of aromatic nitrogens is 4. The molecule has 24 heavy (non-hydrogen) atoms. The third kappa shape index (κ3) is 2.33. The molecule has 0 amide bonds. The lowest BCUT2D eigenvalue weighted by atomic mass is 10.2. The maximum Gasteiger partial charge on any atom is 0.283 e. The van der Waals surface area contributed by atoms with Crippen molar-refractivity contribution in [2.24, 2.45) is 0 Å². The van der Waals surface area contributed by atoms with Gasteiger partial charge in [0.1, 0.15) is 16.2 Å². The van der Waals surface area contributed by atoms with Crippen molar-refractivity contribution in [2.75, 3.05) is 0 Å². The molecule has 0 saturated heterocycles. The van der Waals surface area contributed by atoms with E-state index >= 15 is 0 Å². The largest absolute Gasteiger partial charge is 0.459 e. The van der Waals surface area contributed by atoms with Crippen molar-refractivity contribution in [3.63, 3.8) is 0 Å². The molecular weight excluding hydrogens is 344 g/mol. The van der Waals surface area contributed by atoms with Gasteiger partial charge in [0.15, 0.2) is 5.76 Å². The van der Waals surface area contributed by atoms with Crippen LogP contribution in [-0.4, -0.2) is 20.2 Å². The smallest absolute Gasteiger partial charge is 0.283 e. The molecule has 0 spiro atoms. The van der Waals surface area contributed by atoms with E-state index in [-0.39, 0.29) is 0 Å². The second kappa shape index (κ2) is 5.71. The summed E-state index contributed by atoms with van der Waals surface area (Å²) in [4.78, 5) is 11.5. The Bertz CT molecular complexity index is 1010. The average Bonchev–Trinajstić information content (AvgIpc) is 3.34. The summed E-state index contributed by atoms with van der Waals surface area (Å²) in [5.41, 5.74) is 1.43.